The van der Waals surface area contributed by atoms with E-state index in [1.165, 1.54) is 0 Å². The number of rotatable bonds is 2. The molecule has 92 valence electrons. The van der Waals surface area contributed by atoms with Gasteiger partial charge in [0.05, 0.1) is 0 Å². The molecule has 2 rings (SSSR count). The molecule has 0 spiro atoms. The van der Waals surface area contributed by atoms with Crippen LogP contribution in [-0.4, -0.2) is 5.91 Å². The van der Waals surface area contributed by atoms with Crippen LogP contribution in [-0.2, 0) is 0 Å². The molecule has 0 bridgehead atoms. The minimum Gasteiger partial charge on any atom is -0.322 e. The van der Waals surface area contributed by atoms with E-state index in [-0.39, 0.29) is 5.91 Å². The summed E-state index contributed by atoms with van der Waals surface area (Å²) < 4.78 is 1.01. The molecule has 2 aromatic rings. The van der Waals surface area contributed by atoms with Gasteiger partial charge in [-0.3, -0.25) is 4.79 Å². The molecule has 0 aliphatic heterocycles. The van der Waals surface area contributed by atoms with Gasteiger partial charge in [-0.05, 0) is 49.2 Å². The van der Waals surface area contributed by atoms with E-state index in [9.17, 15) is 4.79 Å². The third-order valence-electron chi connectivity index (χ3n) is 2.83. The van der Waals surface area contributed by atoms with Crippen LogP contribution in [0.3, 0.4) is 0 Å². The van der Waals surface area contributed by atoms with Crippen LogP contribution in [0.15, 0.2) is 46.9 Å². The number of carbonyl (C=O) groups excluding carboxylic acids is 1. The highest BCUT2D eigenvalue weighted by atomic mass is 79.9. The van der Waals surface area contributed by atoms with Crippen LogP contribution >= 0.6 is 15.9 Å². The molecule has 0 radical (unpaired) electrons. The standard InChI is InChI=1S/C15H14BrNO/c1-10-5-3-4-6-13(10)15(18)17-14-8-7-12(16)9-11(14)2/h3-9H,1-2H3,(H,17,18). The summed E-state index contributed by atoms with van der Waals surface area (Å²) in [6.07, 6.45) is 0. The lowest BCUT2D eigenvalue weighted by Crippen LogP contribution is -2.13. The summed E-state index contributed by atoms with van der Waals surface area (Å²) in [4.78, 5) is 12.1. The Morgan fingerprint density at radius 2 is 1.78 bits per heavy atom. The smallest absolute Gasteiger partial charge is 0.255 e. The van der Waals surface area contributed by atoms with Gasteiger partial charge in [-0.15, -0.1) is 0 Å². The molecule has 1 amide bonds. The van der Waals surface area contributed by atoms with Crippen molar-refractivity contribution in [1.29, 1.82) is 0 Å². The lowest BCUT2D eigenvalue weighted by molar-refractivity contribution is 0.102. The first-order valence-corrected chi connectivity index (χ1v) is 6.50. The van der Waals surface area contributed by atoms with Crippen molar-refractivity contribution in [3.8, 4) is 0 Å². The second-order valence-electron chi connectivity index (χ2n) is 4.23. The number of aryl methyl sites for hydroxylation is 2. The van der Waals surface area contributed by atoms with Crippen molar-refractivity contribution in [1.82, 2.24) is 0 Å². The molecule has 18 heavy (non-hydrogen) atoms. The van der Waals surface area contributed by atoms with E-state index in [0.29, 0.717) is 5.56 Å². The van der Waals surface area contributed by atoms with E-state index < -0.39 is 0 Å². The highest BCUT2D eigenvalue weighted by Crippen LogP contribution is 2.21. The molecule has 1 N–H and O–H groups in total. The molecule has 0 aromatic heterocycles. The number of nitrogens with one attached hydrogen (secondary N) is 1. The maximum absolute atomic E-state index is 12.1. The second-order valence-corrected chi connectivity index (χ2v) is 5.14. The van der Waals surface area contributed by atoms with Crippen LogP contribution in [0.4, 0.5) is 5.69 Å². The summed E-state index contributed by atoms with van der Waals surface area (Å²) in [5.41, 5.74) is 3.56. The average molecular weight is 304 g/mol. The third kappa shape index (κ3) is 2.79. The van der Waals surface area contributed by atoms with Gasteiger partial charge in [0.15, 0.2) is 0 Å². The van der Waals surface area contributed by atoms with E-state index in [2.05, 4.69) is 21.2 Å². The van der Waals surface area contributed by atoms with Crippen LogP contribution < -0.4 is 5.32 Å². The normalized spacial score (nSPS) is 10.2. The SMILES string of the molecule is Cc1cc(Br)ccc1NC(=O)c1ccccc1C. The fourth-order valence-electron chi connectivity index (χ4n) is 1.78. The maximum Gasteiger partial charge on any atom is 0.255 e. The number of carbonyl (C=O) groups is 1. The fourth-order valence-corrected chi connectivity index (χ4v) is 2.26. The third-order valence-corrected chi connectivity index (χ3v) is 3.32. The van der Waals surface area contributed by atoms with Gasteiger partial charge in [0.2, 0.25) is 0 Å². The summed E-state index contributed by atoms with van der Waals surface area (Å²) in [5, 5.41) is 2.93. The minimum absolute atomic E-state index is 0.0708. The summed E-state index contributed by atoms with van der Waals surface area (Å²) in [6.45, 7) is 3.90. The molecule has 2 nitrogen and oxygen atoms in total. The number of benzene rings is 2. The van der Waals surface area contributed by atoms with E-state index in [4.69, 9.17) is 0 Å². The highest BCUT2D eigenvalue weighted by molar-refractivity contribution is 9.10. The molecule has 0 aliphatic rings. The molecular formula is C15H14BrNO. The zero-order chi connectivity index (χ0) is 13.1. The highest BCUT2D eigenvalue weighted by Gasteiger charge is 2.09. The first-order valence-electron chi connectivity index (χ1n) is 5.71. The number of hydrogen-bond acceptors (Lipinski definition) is 1. The molecule has 0 saturated heterocycles. The largest absolute Gasteiger partial charge is 0.322 e. The predicted octanol–water partition coefficient (Wildman–Crippen LogP) is 4.32. The lowest BCUT2D eigenvalue weighted by atomic mass is 10.1. The minimum atomic E-state index is -0.0708. The van der Waals surface area contributed by atoms with E-state index in [1.54, 1.807) is 0 Å². The molecule has 2 aromatic carbocycles. The summed E-state index contributed by atoms with van der Waals surface area (Å²) in [6, 6.07) is 13.4. The molecule has 0 unspecified atom stereocenters. The van der Waals surface area contributed by atoms with Gasteiger partial charge < -0.3 is 5.32 Å². The van der Waals surface area contributed by atoms with Crippen molar-refractivity contribution in [2.45, 2.75) is 13.8 Å². The van der Waals surface area contributed by atoms with Crippen LogP contribution in [0.25, 0.3) is 0 Å². The molecule has 3 heteroatoms. The monoisotopic (exact) mass is 303 g/mol. The number of amides is 1. The molecule has 0 fully saturated rings. The Hall–Kier alpha value is -1.61. The quantitative estimate of drug-likeness (QED) is 0.879. The van der Waals surface area contributed by atoms with Crippen molar-refractivity contribution in [2.75, 3.05) is 5.32 Å². The Kier molecular flexibility index (Phi) is 3.82. The van der Waals surface area contributed by atoms with Crippen LogP contribution in [0.1, 0.15) is 21.5 Å². The van der Waals surface area contributed by atoms with Gasteiger partial charge in [-0.1, -0.05) is 34.1 Å². The van der Waals surface area contributed by atoms with Gasteiger partial charge in [-0.2, -0.15) is 0 Å². The Morgan fingerprint density at radius 1 is 1.06 bits per heavy atom. The van der Waals surface area contributed by atoms with Crippen molar-refractivity contribution < 1.29 is 4.79 Å². The molecule has 0 saturated carbocycles. The first-order chi connectivity index (χ1) is 8.58. The van der Waals surface area contributed by atoms with Crippen molar-refractivity contribution in [3.63, 3.8) is 0 Å². The molecular weight excluding hydrogens is 290 g/mol. The van der Waals surface area contributed by atoms with Gasteiger partial charge in [0.25, 0.3) is 5.91 Å². The van der Waals surface area contributed by atoms with Gasteiger partial charge in [-0.25, -0.2) is 0 Å². The number of halogens is 1. The summed E-state index contributed by atoms with van der Waals surface area (Å²) >= 11 is 3.41. The molecule has 0 heterocycles. The van der Waals surface area contributed by atoms with Crippen LogP contribution in [0.2, 0.25) is 0 Å². The van der Waals surface area contributed by atoms with Crippen LogP contribution in [0.5, 0.6) is 0 Å². The fraction of sp³-hybridized carbons (Fsp3) is 0.133. The molecule has 0 atom stereocenters. The first kappa shape index (κ1) is 12.8. The Bertz CT molecular complexity index is 593. The Morgan fingerprint density at radius 3 is 2.44 bits per heavy atom. The lowest BCUT2D eigenvalue weighted by Gasteiger charge is -2.10. The number of hydrogen-bond donors (Lipinski definition) is 1. The van der Waals surface area contributed by atoms with Gasteiger partial charge in [0, 0.05) is 15.7 Å². The van der Waals surface area contributed by atoms with Crippen molar-refractivity contribution in [3.05, 3.63) is 63.6 Å². The predicted molar refractivity (Wildman–Crippen MR) is 78.0 cm³/mol. The summed E-state index contributed by atoms with van der Waals surface area (Å²) in [5.74, 6) is -0.0708. The van der Waals surface area contributed by atoms with E-state index >= 15 is 0 Å². The second kappa shape index (κ2) is 5.36. The number of anilines is 1. The van der Waals surface area contributed by atoms with Crippen LogP contribution in [0, 0.1) is 13.8 Å². The van der Waals surface area contributed by atoms with E-state index in [1.807, 2.05) is 56.3 Å². The Labute approximate surface area is 115 Å². The summed E-state index contributed by atoms with van der Waals surface area (Å²) in [7, 11) is 0. The van der Waals surface area contributed by atoms with Gasteiger partial charge >= 0.3 is 0 Å². The van der Waals surface area contributed by atoms with Gasteiger partial charge in [0.1, 0.15) is 0 Å². The van der Waals surface area contributed by atoms with E-state index in [0.717, 1.165) is 21.3 Å². The zero-order valence-corrected chi connectivity index (χ0v) is 11.9. The zero-order valence-electron chi connectivity index (χ0n) is 10.3. The molecule has 0 aliphatic carbocycles. The maximum atomic E-state index is 12.1. The van der Waals surface area contributed by atoms with Crippen molar-refractivity contribution >= 4 is 27.5 Å². The average Bonchev–Trinajstić information content (AvgIpc) is 2.33. The topological polar surface area (TPSA) is 29.1 Å². The Balaban J connectivity index is 2.24. The van der Waals surface area contributed by atoms with Crippen molar-refractivity contribution in [2.24, 2.45) is 0 Å².